The van der Waals surface area contributed by atoms with Gasteiger partial charge in [0.25, 0.3) is 5.91 Å². The third-order valence-corrected chi connectivity index (χ3v) is 4.29. The van der Waals surface area contributed by atoms with Crippen molar-refractivity contribution < 1.29 is 9.21 Å². The fraction of sp³-hybridized carbons (Fsp3) is 0.100. The normalized spacial score (nSPS) is 10.9. The Labute approximate surface area is 154 Å². The third-order valence-electron chi connectivity index (χ3n) is 4.29. The summed E-state index contributed by atoms with van der Waals surface area (Å²) in [5.74, 6) is -0.366. The molecule has 0 aliphatic carbocycles. The average Bonchev–Trinajstić information content (AvgIpc) is 3.14. The number of fused-ring (bicyclic) bond motifs is 1. The Kier molecular flexibility index (Phi) is 4.04. The quantitative estimate of drug-likeness (QED) is 0.567. The van der Waals surface area contributed by atoms with Gasteiger partial charge in [-0.1, -0.05) is 23.4 Å². The van der Waals surface area contributed by atoms with Crippen molar-refractivity contribution in [1.82, 2.24) is 15.0 Å². The Morgan fingerprint density at radius 2 is 1.85 bits per heavy atom. The van der Waals surface area contributed by atoms with Gasteiger partial charge in [0.2, 0.25) is 0 Å². The van der Waals surface area contributed by atoms with Gasteiger partial charge >= 0.3 is 5.63 Å². The monoisotopic (exact) mass is 360 g/mol. The molecule has 2 heterocycles. The topological polar surface area (TPSA) is 90.0 Å². The second kappa shape index (κ2) is 6.53. The highest BCUT2D eigenvalue weighted by molar-refractivity contribution is 6.04. The van der Waals surface area contributed by atoms with Crippen LogP contribution in [0.1, 0.15) is 21.6 Å². The maximum atomic E-state index is 12.6. The van der Waals surface area contributed by atoms with E-state index in [2.05, 4.69) is 15.6 Å². The number of anilines is 1. The highest BCUT2D eigenvalue weighted by atomic mass is 16.4. The Morgan fingerprint density at radius 1 is 1.07 bits per heavy atom. The first-order valence-electron chi connectivity index (χ1n) is 8.35. The van der Waals surface area contributed by atoms with Crippen molar-refractivity contribution in [2.75, 3.05) is 5.32 Å². The lowest BCUT2D eigenvalue weighted by molar-refractivity contribution is 0.102. The maximum absolute atomic E-state index is 12.6. The second-order valence-corrected chi connectivity index (χ2v) is 6.25. The van der Waals surface area contributed by atoms with E-state index in [9.17, 15) is 9.59 Å². The molecule has 0 saturated heterocycles. The predicted octanol–water partition coefficient (Wildman–Crippen LogP) is 3.24. The molecule has 1 N–H and O–H groups in total. The van der Waals surface area contributed by atoms with Crippen LogP contribution in [-0.2, 0) is 0 Å². The van der Waals surface area contributed by atoms with Gasteiger partial charge in [0.1, 0.15) is 5.58 Å². The summed E-state index contributed by atoms with van der Waals surface area (Å²) in [6.07, 6.45) is 1.57. The molecule has 0 atom stereocenters. The van der Waals surface area contributed by atoms with Gasteiger partial charge in [-0.05, 0) is 49.2 Å². The van der Waals surface area contributed by atoms with E-state index >= 15 is 0 Å². The van der Waals surface area contributed by atoms with Crippen LogP contribution in [0, 0.1) is 13.8 Å². The summed E-state index contributed by atoms with van der Waals surface area (Å²) >= 11 is 0. The summed E-state index contributed by atoms with van der Waals surface area (Å²) in [5.41, 5.74) is 3.30. The molecule has 0 unspecified atom stereocenters. The van der Waals surface area contributed by atoms with Crippen molar-refractivity contribution in [3.8, 4) is 5.69 Å². The number of aromatic nitrogens is 3. The van der Waals surface area contributed by atoms with Crippen LogP contribution in [0.2, 0.25) is 0 Å². The molecule has 0 aliphatic rings. The number of hydrogen-bond donors (Lipinski definition) is 1. The number of rotatable bonds is 3. The van der Waals surface area contributed by atoms with Crippen LogP contribution < -0.4 is 10.9 Å². The molecule has 0 fully saturated rings. The molecule has 1 amide bonds. The van der Waals surface area contributed by atoms with E-state index in [1.165, 1.54) is 6.07 Å². The molecule has 7 nitrogen and oxygen atoms in total. The third kappa shape index (κ3) is 3.22. The van der Waals surface area contributed by atoms with Gasteiger partial charge in [-0.2, -0.15) is 0 Å². The standard InChI is InChI=1S/C20H16N4O3/c1-12-9-19(25)27-18-8-13(2)16(10-15(12)18)21-20(26)17-11-24(23-22-17)14-6-4-3-5-7-14/h3-11H,1-2H3,(H,21,26). The van der Waals surface area contributed by atoms with E-state index in [1.807, 2.05) is 44.2 Å². The zero-order chi connectivity index (χ0) is 19.0. The fourth-order valence-corrected chi connectivity index (χ4v) is 2.86. The van der Waals surface area contributed by atoms with E-state index in [0.717, 1.165) is 22.2 Å². The first-order chi connectivity index (χ1) is 13.0. The molecule has 0 aliphatic heterocycles. The minimum absolute atomic E-state index is 0.203. The predicted molar refractivity (Wildman–Crippen MR) is 101 cm³/mol. The first-order valence-corrected chi connectivity index (χ1v) is 8.35. The zero-order valence-electron chi connectivity index (χ0n) is 14.8. The number of aryl methyl sites for hydroxylation is 2. The summed E-state index contributed by atoms with van der Waals surface area (Å²) in [7, 11) is 0. The van der Waals surface area contributed by atoms with Crippen molar-refractivity contribution in [2.45, 2.75) is 13.8 Å². The van der Waals surface area contributed by atoms with Crippen molar-refractivity contribution in [2.24, 2.45) is 0 Å². The lowest BCUT2D eigenvalue weighted by Gasteiger charge is -2.09. The molecular formula is C20H16N4O3. The second-order valence-electron chi connectivity index (χ2n) is 6.25. The van der Waals surface area contributed by atoms with Crippen LogP contribution in [0.25, 0.3) is 16.7 Å². The molecule has 4 aromatic rings. The minimum atomic E-state index is -0.395. The van der Waals surface area contributed by atoms with Crippen molar-refractivity contribution in [3.63, 3.8) is 0 Å². The summed E-state index contributed by atoms with van der Waals surface area (Å²) in [6, 6.07) is 14.4. The molecule has 27 heavy (non-hydrogen) atoms. The minimum Gasteiger partial charge on any atom is -0.423 e. The number of hydrogen-bond acceptors (Lipinski definition) is 5. The lowest BCUT2D eigenvalue weighted by Crippen LogP contribution is -2.13. The Balaban J connectivity index is 1.64. The molecule has 0 saturated carbocycles. The number of nitrogens with zero attached hydrogens (tertiary/aromatic N) is 3. The Morgan fingerprint density at radius 3 is 2.63 bits per heavy atom. The van der Waals surface area contributed by atoms with Gasteiger partial charge in [0.05, 0.1) is 11.9 Å². The van der Waals surface area contributed by atoms with Gasteiger partial charge in [-0.15, -0.1) is 5.10 Å². The number of nitrogens with one attached hydrogen (secondary N) is 1. The maximum Gasteiger partial charge on any atom is 0.336 e. The van der Waals surface area contributed by atoms with E-state index in [-0.39, 0.29) is 11.6 Å². The van der Waals surface area contributed by atoms with E-state index in [1.54, 1.807) is 23.0 Å². The van der Waals surface area contributed by atoms with Gasteiger partial charge in [-0.25, -0.2) is 9.48 Å². The molecule has 0 bridgehead atoms. The Hall–Kier alpha value is -3.74. The molecule has 4 rings (SSSR count). The largest absolute Gasteiger partial charge is 0.423 e. The number of amides is 1. The number of carbonyl (C=O) groups excluding carboxylic acids is 1. The van der Waals surface area contributed by atoms with Crippen molar-refractivity contribution in [3.05, 3.63) is 82.0 Å². The van der Waals surface area contributed by atoms with Gasteiger partial charge in [0.15, 0.2) is 5.69 Å². The van der Waals surface area contributed by atoms with Crippen LogP contribution in [0.5, 0.6) is 0 Å². The number of benzene rings is 2. The average molecular weight is 360 g/mol. The lowest BCUT2D eigenvalue weighted by atomic mass is 10.1. The molecule has 0 radical (unpaired) electrons. The number of para-hydroxylation sites is 1. The summed E-state index contributed by atoms with van der Waals surface area (Å²) in [5, 5.41) is 11.6. The summed E-state index contributed by atoms with van der Waals surface area (Å²) in [4.78, 5) is 24.1. The smallest absolute Gasteiger partial charge is 0.336 e. The van der Waals surface area contributed by atoms with Crippen LogP contribution in [0.15, 0.2) is 63.9 Å². The molecule has 134 valence electrons. The first kappa shape index (κ1) is 16.7. The van der Waals surface area contributed by atoms with Crippen LogP contribution in [0.3, 0.4) is 0 Å². The van der Waals surface area contributed by atoms with Crippen molar-refractivity contribution in [1.29, 1.82) is 0 Å². The fourth-order valence-electron chi connectivity index (χ4n) is 2.86. The molecule has 0 spiro atoms. The van der Waals surface area contributed by atoms with Crippen molar-refractivity contribution >= 4 is 22.6 Å². The molecular weight excluding hydrogens is 344 g/mol. The molecule has 7 heteroatoms. The molecule has 2 aromatic heterocycles. The number of carbonyl (C=O) groups is 1. The van der Waals surface area contributed by atoms with Crippen LogP contribution in [-0.4, -0.2) is 20.9 Å². The summed E-state index contributed by atoms with van der Waals surface area (Å²) < 4.78 is 6.77. The summed E-state index contributed by atoms with van der Waals surface area (Å²) in [6.45, 7) is 3.66. The van der Waals surface area contributed by atoms with Gasteiger partial charge in [-0.3, -0.25) is 4.79 Å². The van der Waals surface area contributed by atoms with E-state index in [4.69, 9.17) is 4.42 Å². The van der Waals surface area contributed by atoms with E-state index in [0.29, 0.717) is 11.3 Å². The highest BCUT2D eigenvalue weighted by Crippen LogP contribution is 2.25. The Bertz CT molecular complexity index is 1210. The van der Waals surface area contributed by atoms with Gasteiger partial charge < -0.3 is 9.73 Å². The van der Waals surface area contributed by atoms with E-state index < -0.39 is 5.63 Å². The zero-order valence-corrected chi connectivity index (χ0v) is 14.8. The SMILES string of the molecule is Cc1cc2oc(=O)cc(C)c2cc1NC(=O)c1cn(-c2ccccc2)nn1. The van der Waals surface area contributed by atoms with Crippen LogP contribution in [0.4, 0.5) is 5.69 Å². The van der Waals surface area contributed by atoms with Gasteiger partial charge in [0, 0.05) is 17.1 Å². The molecule has 2 aromatic carbocycles. The highest BCUT2D eigenvalue weighted by Gasteiger charge is 2.14. The van der Waals surface area contributed by atoms with Crippen LogP contribution >= 0.6 is 0 Å².